The van der Waals surface area contributed by atoms with Crippen LogP contribution >= 0.6 is 0 Å². The van der Waals surface area contributed by atoms with Crippen molar-refractivity contribution in [2.75, 3.05) is 99.7 Å². The zero-order chi connectivity index (χ0) is 84.3. The number of methoxy groups -OCH3 is 1. The van der Waals surface area contributed by atoms with E-state index in [-0.39, 0.29) is 139 Å². The standard InChI is InChI=1S/C84H154N6O25/c1-61(94)87-74-68(52-64(54-91)77(102)80(74)105)112-46-34-28-22-16-10-5-7-13-19-25-31-38-66(97)42-49-109-57-84(90-73(101)41-37-40-71(99)86-60-108-4,58-110-50-43-67(98)39-32-26-20-14-8-6-11-17-23-29-35-47-113-69-53-65(55-92)78(103)81(106)75(69)88-62(2)95)59-111-51-44-72(100)85-45-33-27-21-15-9-12-18-24-30-36-48-114-83-76(89-63(3)96)82(107)79(104)70(56-93)115-83/h64-65,68-70,74-83,91-93,102-107H,5-60H2,1-4H3,(H,85,100)(H,86,99)(H,87,94)(H,88,95)(H,89,96)(H,90,101). The third-order valence-electron chi connectivity index (χ3n) is 22.1. The lowest BCUT2D eigenvalue weighted by molar-refractivity contribution is -0.270. The van der Waals surface area contributed by atoms with E-state index in [1.165, 1.54) is 27.9 Å². The minimum absolute atomic E-state index is 0.00690. The summed E-state index contributed by atoms with van der Waals surface area (Å²) in [6, 6.07) is -2.44. The fraction of sp³-hybridized carbons (Fsp3) is 0.905. The first kappa shape index (κ1) is 105. The molecule has 0 aromatic rings. The highest BCUT2D eigenvalue weighted by Crippen LogP contribution is 2.31. The molecule has 0 aromatic carbocycles. The van der Waals surface area contributed by atoms with Crippen LogP contribution in [0.1, 0.15) is 290 Å². The highest BCUT2D eigenvalue weighted by atomic mass is 16.7. The number of Topliss-reactive ketones (excluding diaryl/α,β-unsaturated/α-hetero) is 2. The average Bonchev–Trinajstić information content (AvgIpc) is 0.817. The predicted molar refractivity (Wildman–Crippen MR) is 431 cm³/mol. The van der Waals surface area contributed by atoms with E-state index < -0.39 is 109 Å². The number of carbonyl (C=O) groups excluding carboxylic acids is 8. The van der Waals surface area contributed by atoms with Crippen molar-refractivity contribution in [2.24, 2.45) is 11.8 Å². The second kappa shape index (κ2) is 65.3. The Morgan fingerprint density at radius 2 is 0.704 bits per heavy atom. The van der Waals surface area contributed by atoms with Crippen LogP contribution in [0.15, 0.2) is 0 Å². The Balaban J connectivity index is 1.43. The van der Waals surface area contributed by atoms with Gasteiger partial charge in [0.2, 0.25) is 35.4 Å². The fourth-order valence-electron chi connectivity index (χ4n) is 15.2. The van der Waals surface area contributed by atoms with E-state index in [4.69, 9.17) is 37.9 Å². The summed E-state index contributed by atoms with van der Waals surface area (Å²) in [6.45, 7) is 4.61. The molecule has 1 heterocycles. The molecule has 0 bridgehead atoms. The zero-order valence-electron chi connectivity index (χ0n) is 70.3. The van der Waals surface area contributed by atoms with Crippen LogP contribution in [-0.2, 0) is 76.3 Å². The van der Waals surface area contributed by atoms with Gasteiger partial charge in [-0.25, -0.2) is 0 Å². The normalized spacial score (nSPS) is 24.1. The molecule has 0 spiro atoms. The molecule has 0 aromatic heterocycles. The molecule has 3 rings (SSSR count). The third kappa shape index (κ3) is 47.3. The van der Waals surface area contributed by atoms with Gasteiger partial charge >= 0.3 is 0 Å². The maximum Gasteiger partial charge on any atom is 0.222 e. The van der Waals surface area contributed by atoms with E-state index in [1.807, 2.05) is 0 Å². The van der Waals surface area contributed by atoms with Crippen molar-refractivity contribution >= 4 is 47.0 Å². The lowest BCUT2D eigenvalue weighted by Gasteiger charge is -2.42. The largest absolute Gasteiger partial charge is 0.396 e. The molecule has 1 aliphatic heterocycles. The summed E-state index contributed by atoms with van der Waals surface area (Å²) in [5, 5.41) is 108. The predicted octanol–water partition coefficient (Wildman–Crippen LogP) is 5.68. The van der Waals surface area contributed by atoms with Crippen molar-refractivity contribution in [1.29, 1.82) is 0 Å². The second-order valence-electron chi connectivity index (χ2n) is 32.3. The number of amides is 6. The van der Waals surface area contributed by atoms with Gasteiger partial charge < -0.3 is 116 Å². The lowest BCUT2D eigenvalue weighted by atomic mass is 9.79. The first-order chi connectivity index (χ1) is 55.5. The van der Waals surface area contributed by atoms with Gasteiger partial charge in [-0.3, -0.25) is 38.4 Å². The monoisotopic (exact) mass is 1650 g/mol. The smallest absolute Gasteiger partial charge is 0.222 e. The number of hydrogen-bond donors (Lipinski definition) is 15. The first-order valence-corrected chi connectivity index (χ1v) is 43.8. The Kier molecular flexibility index (Phi) is 59.4. The molecule has 15 atom stereocenters. The van der Waals surface area contributed by atoms with E-state index >= 15 is 0 Å². The molecule has 1 saturated heterocycles. The molecule has 15 unspecified atom stereocenters. The number of aliphatic hydroxyl groups excluding tert-OH is 9. The van der Waals surface area contributed by atoms with Crippen LogP contribution in [0.4, 0.5) is 0 Å². The highest BCUT2D eigenvalue weighted by molar-refractivity contribution is 5.80. The van der Waals surface area contributed by atoms with Crippen LogP contribution < -0.4 is 31.9 Å². The molecule has 115 heavy (non-hydrogen) atoms. The number of nitrogens with one attached hydrogen (secondary N) is 6. The van der Waals surface area contributed by atoms with Crippen LogP contribution in [0.25, 0.3) is 0 Å². The van der Waals surface area contributed by atoms with Crippen LogP contribution in [0.3, 0.4) is 0 Å². The maximum atomic E-state index is 13.8. The summed E-state index contributed by atoms with van der Waals surface area (Å²) in [5.74, 6) is -2.82. The average molecular weight is 1650 g/mol. The summed E-state index contributed by atoms with van der Waals surface area (Å²) >= 11 is 0. The van der Waals surface area contributed by atoms with Gasteiger partial charge in [0, 0.05) is 124 Å². The number of ether oxygens (including phenoxy) is 8. The zero-order valence-corrected chi connectivity index (χ0v) is 70.3. The Bertz CT molecular complexity index is 2350. The number of aliphatic hydroxyl groups is 9. The Hall–Kier alpha value is -4.52. The molecular weight excluding hydrogens is 1490 g/mol. The number of ketones is 2. The molecule has 31 heteroatoms. The van der Waals surface area contributed by atoms with Gasteiger partial charge in [-0.1, -0.05) is 167 Å². The Labute approximate surface area is 685 Å². The van der Waals surface area contributed by atoms with E-state index in [0.29, 0.717) is 52.0 Å². The van der Waals surface area contributed by atoms with Gasteiger partial charge in [0.1, 0.15) is 60.4 Å². The van der Waals surface area contributed by atoms with Crippen molar-refractivity contribution in [3.05, 3.63) is 0 Å². The molecule has 15 N–H and O–H groups in total. The van der Waals surface area contributed by atoms with Gasteiger partial charge in [0.25, 0.3) is 0 Å². The molecule has 3 fully saturated rings. The Morgan fingerprint density at radius 3 is 1.10 bits per heavy atom. The summed E-state index contributed by atoms with van der Waals surface area (Å²) in [7, 11) is 1.46. The molecule has 2 saturated carbocycles. The minimum Gasteiger partial charge on any atom is -0.396 e. The van der Waals surface area contributed by atoms with E-state index in [2.05, 4.69) is 31.9 Å². The van der Waals surface area contributed by atoms with Gasteiger partial charge in [0.05, 0.1) is 82.7 Å². The van der Waals surface area contributed by atoms with Crippen LogP contribution in [-0.4, -0.2) is 278 Å². The van der Waals surface area contributed by atoms with Crippen molar-refractivity contribution in [3.63, 3.8) is 0 Å². The van der Waals surface area contributed by atoms with Gasteiger partial charge in [-0.15, -0.1) is 0 Å². The molecule has 670 valence electrons. The van der Waals surface area contributed by atoms with Crippen molar-refractivity contribution in [1.82, 2.24) is 31.9 Å². The molecule has 6 amide bonds. The topological polar surface area (TPSA) is 465 Å². The van der Waals surface area contributed by atoms with Crippen LogP contribution in [0, 0.1) is 11.8 Å². The number of hydrogen-bond acceptors (Lipinski definition) is 25. The van der Waals surface area contributed by atoms with E-state index in [1.54, 1.807) is 0 Å². The number of carbonyl (C=O) groups is 8. The summed E-state index contributed by atoms with van der Waals surface area (Å²) in [5.41, 5.74) is -1.29. The van der Waals surface area contributed by atoms with Crippen LogP contribution in [0.2, 0.25) is 0 Å². The maximum absolute atomic E-state index is 13.8. The van der Waals surface area contributed by atoms with E-state index in [9.17, 15) is 84.3 Å². The van der Waals surface area contributed by atoms with Gasteiger partial charge in [-0.05, 0) is 57.8 Å². The highest BCUT2D eigenvalue weighted by Gasteiger charge is 2.47. The fourth-order valence-corrected chi connectivity index (χ4v) is 15.2. The second-order valence-corrected chi connectivity index (χ2v) is 32.3. The quantitative estimate of drug-likeness (QED) is 0.0257. The van der Waals surface area contributed by atoms with E-state index in [0.717, 1.165) is 205 Å². The number of unbranched alkanes of at least 4 members (excludes halogenated alkanes) is 29. The van der Waals surface area contributed by atoms with Gasteiger partial charge in [0.15, 0.2) is 6.29 Å². The third-order valence-corrected chi connectivity index (χ3v) is 22.1. The molecule has 3 aliphatic rings. The van der Waals surface area contributed by atoms with Crippen molar-refractivity contribution in [2.45, 2.75) is 375 Å². The Morgan fingerprint density at radius 1 is 0.357 bits per heavy atom. The molecule has 2 aliphatic carbocycles. The van der Waals surface area contributed by atoms with Gasteiger partial charge in [-0.2, -0.15) is 0 Å². The van der Waals surface area contributed by atoms with Crippen LogP contribution in [0.5, 0.6) is 0 Å². The lowest BCUT2D eigenvalue weighted by Crippen LogP contribution is -2.64. The molecular formula is C84H154N6O25. The van der Waals surface area contributed by atoms with Crippen molar-refractivity contribution in [3.8, 4) is 0 Å². The summed E-state index contributed by atoms with van der Waals surface area (Å²) in [6.07, 6.45) is 23.8. The first-order valence-electron chi connectivity index (χ1n) is 43.8. The summed E-state index contributed by atoms with van der Waals surface area (Å²) < 4.78 is 47.1. The SMILES string of the molecule is COCNC(=O)CCCC(=O)NC(COCCC(=O)CCCCCCCCCCCCCOC1CC(CO)C(O)C(O)C1NC(C)=O)(COCCC(=O)CCCCCCCCCCCCCOC1CC(CO)C(O)C(O)C1NC(C)=O)COCCC(=O)NCCCCCCCCCCCCOC1OC(CO)C(O)C(O)C1NC(C)=O. The summed E-state index contributed by atoms with van der Waals surface area (Å²) in [4.78, 5) is 101. The molecule has 0 radical (unpaired) electrons. The molecule has 31 nitrogen and oxygen atoms in total. The number of rotatable bonds is 72. The minimum atomic E-state index is -1.36. The van der Waals surface area contributed by atoms with Crippen molar-refractivity contribution < 1.29 is 122 Å².